The smallest absolute Gasteiger partial charge is 0.240 e. The number of rotatable bonds is 5. The molecular formula is C13H13F2N3O2. The third-order valence-corrected chi connectivity index (χ3v) is 3.05. The first-order valence-corrected chi connectivity index (χ1v) is 6.32. The van der Waals surface area contributed by atoms with Crippen molar-refractivity contribution in [3.63, 3.8) is 0 Å². The Hall–Kier alpha value is -2.02. The van der Waals surface area contributed by atoms with Gasteiger partial charge in [0, 0.05) is 6.07 Å². The Morgan fingerprint density at radius 1 is 1.35 bits per heavy atom. The second-order valence-electron chi connectivity index (χ2n) is 4.73. The summed E-state index contributed by atoms with van der Waals surface area (Å²) in [6.45, 7) is 0.459. The first-order chi connectivity index (χ1) is 9.67. The predicted octanol–water partition coefficient (Wildman–Crippen LogP) is 2.26. The van der Waals surface area contributed by atoms with Crippen molar-refractivity contribution in [2.45, 2.75) is 19.4 Å². The minimum atomic E-state index is -0.778. The minimum absolute atomic E-state index is 0.0531. The summed E-state index contributed by atoms with van der Waals surface area (Å²) >= 11 is 0. The van der Waals surface area contributed by atoms with Gasteiger partial charge in [0.25, 0.3) is 0 Å². The number of nitrogens with zero attached hydrogens (tertiary/aromatic N) is 2. The lowest BCUT2D eigenvalue weighted by atomic mass is 10.1. The van der Waals surface area contributed by atoms with E-state index in [0.717, 1.165) is 25.0 Å². The van der Waals surface area contributed by atoms with Gasteiger partial charge in [0.2, 0.25) is 11.7 Å². The van der Waals surface area contributed by atoms with E-state index in [0.29, 0.717) is 12.5 Å². The Balaban J connectivity index is 1.97. The highest BCUT2D eigenvalue weighted by Gasteiger charge is 2.25. The molecule has 5 nitrogen and oxygen atoms in total. The van der Waals surface area contributed by atoms with E-state index in [1.54, 1.807) is 0 Å². The summed E-state index contributed by atoms with van der Waals surface area (Å²) in [4.78, 5) is 3.97. The van der Waals surface area contributed by atoms with Gasteiger partial charge >= 0.3 is 0 Å². The van der Waals surface area contributed by atoms with Gasteiger partial charge in [0.1, 0.15) is 5.82 Å². The predicted molar refractivity (Wildman–Crippen MR) is 65.8 cm³/mol. The van der Waals surface area contributed by atoms with E-state index in [2.05, 4.69) is 10.1 Å². The monoisotopic (exact) mass is 281 g/mol. The lowest BCUT2D eigenvalue weighted by Gasteiger charge is -2.10. The molecule has 0 radical (unpaired) electrons. The van der Waals surface area contributed by atoms with Crippen LogP contribution in [0.5, 0.6) is 5.75 Å². The van der Waals surface area contributed by atoms with Crippen LogP contribution in [-0.2, 0) is 6.54 Å². The van der Waals surface area contributed by atoms with Gasteiger partial charge in [-0.05, 0) is 24.8 Å². The van der Waals surface area contributed by atoms with Crippen LogP contribution in [0, 0.1) is 17.6 Å². The van der Waals surface area contributed by atoms with Gasteiger partial charge in [-0.25, -0.2) is 8.78 Å². The maximum Gasteiger partial charge on any atom is 0.240 e. The average Bonchev–Trinajstić information content (AvgIpc) is 3.12. The summed E-state index contributed by atoms with van der Waals surface area (Å²) in [5.41, 5.74) is 5.50. The molecule has 0 bridgehead atoms. The van der Waals surface area contributed by atoms with Gasteiger partial charge < -0.3 is 15.0 Å². The molecular weight excluding hydrogens is 268 g/mol. The van der Waals surface area contributed by atoms with Crippen LogP contribution >= 0.6 is 0 Å². The van der Waals surface area contributed by atoms with Gasteiger partial charge in [0.15, 0.2) is 11.6 Å². The maximum atomic E-state index is 13.9. The Morgan fingerprint density at radius 3 is 2.80 bits per heavy atom. The molecule has 0 atom stereocenters. The summed E-state index contributed by atoms with van der Waals surface area (Å²) < 4.78 is 37.6. The van der Waals surface area contributed by atoms with Crippen molar-refractivity contribution in [2.24, 2.45) is 11.7 Å². The van der Waals surface area contributed by atoms with Gasteiger partial charge in [-0.2, -0.15) is 4.98 Å². The first-order valence-electron chi connectivity index (χ1n) is 6.32. The maximum absolute atomic E-state index is 13.9. The molecule has 0 amide bonds. The average molecular weight is 281 g/mol. The van der Waals surface area contributed by atoms with Crippen molar-refractivity contribution in [3.05, 3.63) is 29.7 Å². The molecule has 3 rings (SSSR count). The fourth-order valence-electron chi connectivity index (χ4n) is 1.81. The minimum Gasteiger partial charge on any atom is -0.489 e. The quantitative estimate of drug-likeness (QED) is 0.910. The topological polar surface area (TPSA) is 74.2 Å². The molecule has 1 heterocycles. The molecule has 0 unspecified atom stereocenters. The standard InChI is InChI=1S/C13H13F2N3O2/c14-8-3-9(13-17-11(5-16)20-18-13)12(10(15)4-8)19-6-7-1-2-7/h3-4,7H,1-2,5-6,16H2. The highest BCUT2D eigenvalue weighted by Crippen LogP contribution is 2.35. The number of hydrogen-bond donors (Lipinski definition) is 1. The SMILES string of the molecule is NCc1nc(-c2cc(F)cc(F)c2OCC2CC2)no1. The fourth-order valence-corrected chi connectivity index (χ4v) is 1.81. The van der Waals surface area contributed by atoms with Crippen molar-refractivity contribution < 1.29 is 18.0 Å². The number of nitrogens with two attached hydrogens (primary N) is 1. The second-order valence-corrected chi connectivity index (χ2v) is 4.73. The van der Waals surface area contributed by atoms with E-state index in [1.807, 2.05) is 0 Å². The summed E-state index contributed by atoms with van der Waals surface area (Å²) in [7, 11) is 0. The lowest BCUT2D eigenvalue weighted by molar-refractivity contribution is 0.285. The molecule has 0 saturated heterocycles. The van der Waals surface area contributed by atoms with Crippen LogP contribution in [0.2, 0.25) is 0 Å². The molecule has 1 aromatic heterocycles. The number of aromatic nitrogens is 2. The molecule has 1 fully saturated rings. The van der Waals surface area contributed by atoms with E-state index >= 15 is 0 Å². The molecule has 1 saturated carbocycles. The zero-order valence-electron chi connectivity index (χ0n) is 10.6. The number of benzene rings is 1. The molecule has 1 aliphatic rings. The van der Waals surface area contributed by atoms with Crippen molar-refractivity contribution in [1.82, 2.24) is 10.1 Å². The largest absolute Gasteiger partial charge is 0.489 e. The summed E-state index contributed by atoms with van der Waals surface area (Å²) in [5.74, 6) is -0.859. The normalized spacial score (nSPS) is 14.6. The highest BCUT2D eigenvalue weighted by atomic mass is 19.1. The zero-order valence-corrected chi connectivity index (χ0v) is 10.6. The Bertz CT molecular complexity index is 626. The third kappa shape index (κ3) is 2.62. The molecule has 2 aromatic rings. The first kappa shape index (κ1) is 13.0. The van der Waals surface area contributed by atoms with Crippen molar-refractivity contribution >= 4 is 0 Å². The van der Waals surface area contributed by atoms with Gasteiger partial charge in [-0.1, -0.05) is 5.16 Å². The Labute approximate surface area is 113 Å². The van der Waals surface area contributed by atoms with Crippen LogP contribution in [0.3, 0.4) is 0 Å². The summed E-state index contributed by atoms with van der Waals surface area (Å²) in [6.07, 6.45) is 2.13. The molecule has 20 heavy (non-hydrogen) atoms. The van der Waals surface area contributed by atoms with Gasteiger partial charge in [-0.3, -0.25) is 0 Å². The van der Waals surface area contributed by atoms with Gasteiger partial charge in [-0.15, -0.1) is 0 Å². The molecule has 7 heteroatoms. The highest BCUT2D eigenvalue weighted by molar-refractivity contribution is 5.64. The molecule has 106 valence electrons. The lowest BCUT2D eigenvalue weighted by Crippen LogP contribution is -2.04. The van der Waals surface area contributed by atoms with Crippen LogP contribution < -0.4 is 10.5 Å². The second kappa shape index (κ2) is 5.16. The van der Waals surface area contributed by atoms with Gasteiger partial charge in [0.05, 0.1) is 18.7 Å². The third-order valence-electron chi connectivity index (χ3n) is 3.05. The number of ether oxygens (including phenoxy) is 1. The zero-order chi connectivity index (χ0) is 14.1. The van der Waals surface area contributed by atoms with Crippen LogP contribution in [-0.4, -0.2) is 16.7 Å². The summed E-state index contributed by atoms with van der Waals surface area (Å²) in [6, 6.07) is 1.89. The molecule has 1 aromatic carbocycles. The van der Waals surface area contributed by atoms with E-state index < -0.39 is 11.6 Å². The van der Waals surface area contributed by atoms with E-state index in [9.17, 15) is 8.78 Å². The van der Waals surface area contributed by atoms with E-state index in [-0.39, 0.29) is 29.6 Å². The Morgan fingerprint density at radius 2 is 2.15 bits per heavy atom. The van der Waals surface area contributed by atoms with Crippen LogP contribution in [0.1, 0.15) is 18.7 Å². The molecule has 0 spiro atoms. The van der Waals surface area contributed by atoms with E-state index in [4.69, 9.17) is 15.0 Å². The van der Waals surface area contributed by atoms with Crippen LogP contribution in [0.15, 0.2) is 16.7 Å². The number of halogens is 2. The van der Waals surface area contributed by atoms with Crippen molar-refractivity contribution in [2.75, 3.05) is 6.61 Å². The summed E-state index contributed by atoms with van der Waals surface area (Å²) in [5, 5.41) is 3.66. The van der Waals surface area contributed by atoms with E-state index in [1.165, 1.54) is 0 Å². The molecule has 1 aliphatic carbocycles. The fraction of sp³-hybridized carbons (Fsp3) is 0.385. The number of hydrogen-bond acceptors (Lipinski definition) is 5. The Kier molecular flexibility index (Phi) is 3.35. The van der Waals surface area contributed by atoms with Crippen LogP contribution in [0.25, 0.3) is 11.4 Å². The van der Waals surface area contributed by atoms with Crippen molar-refractivity contribution in [3.8, 4) is 17.1 Å². The van der Waals surface area contributed by atoms with Crippen molar-refractivity contribution in [1.29, 1.82) is 0 Å². The van der Waals surface area contributed by atoms with Crippen LogP contribution in [0.4, 0.5) is 8.78 Å². The molecule has 0 aliphatic heterocycles. The molecule has 2 N–H and O–H groups in total.